The molecule has 3 rings (SSSR count). The lowest BCUT2D eigenvalue weighted by Crippen LogP contribution is -2.27. The maximum absolute atomic E-state index is 12.3. The largest absolute Gasteiger partial charge is 0.486 e. The zero-order chi connectivity index (χ0) is 16.9. The Bertz CT molecular complexity index is 772. The molecule has 1 aliphatic rings. The standard InChI is InChI=1S/C18H17NO5/c20-17(14-5-2-6-15-16(14)24-10-9-23-15)19-8-7-12-3-1-4-13(11-12)18(21)22/h1-6,11H,7-10H2,(H,19,20)(H,21,22). The van der Waals surface area contributed by atoms with Crippen LogP contribution in [0.3, 0.4) is 0 Å². The molecule has 2 aromatic rings. The highest BCUT2D eigenvalue weighted by Crippen LogP contribution is 2.33. The second-order valence-electron chi connectivity index (χ2n) is 5.34. The van der Waals surface area contributed by atoms with Gasteiger partial charge in [-0.25, -0.2) is 4.79 Å². The molecule has 0 aromatic heterocycles. The molecule has 1 aliphatic heterocycles. The van der Waals surface area contributed by atoms with E-state index in [4.69, 9.17) is 14.6 Å². The van der Waals surface area contributed by atoms with E-state index in [9.17, 15) is 9.59 Å². The van der Waals surface area contributed by atoms with Gasteiger partial charge in [0, 0.05) is 6.54 Å². The number of hydrogen-bond donors (Lipinski definition) is 2. The highest BCUT2D eigenvalue weighted by molar-refractivity contribution is 5.97. The first kappa shape index (κ1) is 15.9. The van der Waals surface area contributed by atoms with Crippen molar-refractivity contribution in [1.82, 2.24) is 5.32 Å². The van der Waals surface area contributed by atoms with Crippen molar-refractivity contribution in [2.45, 2.75) is 6.42 Å². The van der Waals surface area contributed by atoms with Gasteiger partial charge in [-0.15, -0.1) is 0 Å². The SMILES string of the molecule is O=C(O)c1cccc(CCNC(=O)c2cccc3c2OCCO3)c1. The van der Waals surface area contributed by atoms with Gasteiger partial charge in [-0.2, -0.15) is 0 Å². The number of carboxylic acid groups (broad SMARTS) is 1. The number of carboxylic acids is 1. The van der Waals surface area contributed by atoms with Gasteiger partial charge in [-0.05, 0) is 36.2 Å². The minimum atomic E-state index is -0.964. The Kier molecular flexibility index (Phi) is 4.65. The number of amides is 1. The molecule has 0 fully saturated rings. The summed E-state index contributed by atoms with van der Waals surface area (Å²) in [5.41, 5.74) is 1.53. The van der Waals surface area contributed by atoms with Crippen LogP contribution in [-0.4, -0.2) is 36.7 Å². The molecule has 0 atom stereocenters. The summed E-state index contributed by atoms with van der Waals surface area (Å²) in [4.78, 5) is 23.3. The first-order valence-corrected chi connectivity index (χ1v) is 7.64. The normalized spacial score (nSPS) is 12.5. The van der Waals surface area contributed by atoms with Crippen LogP contribution in [0.4, 0.5) is 0 Å². The summed E-state index contributed by atoms with van der Waals surface area (Å²) in [5, 5.41) is 11.8. The van der Waals surface area contributed by atoms with Crippen molar-refractivity contribution in [2.75, 3.05) is 19.8 Å². The molecule has 1 heterocycles. The third kappa shape index (κ3) is 3.48. The quantitative estimate of drug-likeness (QED) is 0.879. The topological polar surface area (TPSA) is 84.9 Å². The lowest BCUT2D eigenvalue weighted by atomic mass is 10.1. The highest BCUT2D eigenvalue weighted by atomic mass is 16.6. The number of nitrogens with one attached hydrogen (secondary N) is 1. The highest BCUT2D eigenvalue weighted by Gasteiger charge is 2.19. The lowest BCUT2D eigenvalue weighted by Gasteiger charge is -2.20. The third-order valence-electron chi connectivity index (χ3n) is 3.68. The van der Waals surface area contributed by atoms with Crippen LogP contribution in [0.5, 0.6) is 11.5 Å². The number of fused-ring (bicyclic) bond motifs is 1. The molecule has 0 radical (unpaired) electrons. The molecule has 6 heteroatoms. The van der Waals surface area contributed by atoms with Gasteiger partial charge in [0.25, 0.3) is 5.91 Å². The van der Waals surface area contributed by atoms with E-state index in [-0.39, 0.29) is 11.5 Å². The van der Waals surface area contributed by atoms with E-state index in [1.165, 1.54) is 6.07 Å². The number of aromatic carboxylic acids is 1. The van der Waals surface area contributed by atoms with Crippen molar-refractivity contribution in [3.05, 3.63) is 59.2 Å². The molecule has 1 amide bonds. The monoisotopic (exact) mass is 327 g/mol. The smallest absolute Gasteiger partial charge is 0.335 e. The fourth-order valence-electron chi connectivity index (χ4n) is 2.53. The minimum absolute atomic E-state index is 0.238. The van der Waals surface area contributed by atoms with E-state index >= 15 is 0 Å². The Morgan fingerprint density at radius 3 is 2.71 bits per heavy atom. The number of rotatable bonds is 5. The maximum atomic E-state index is 12.3. The van der Waals surface area contributed by atoms with Crippen LogP contribution in [0.2, 0.25) is 0 Å². The van der Waals surface area contributed by atoms with Crippen molar-refractivity contribution in [1.29, 1.82) is 0 Å². The van der Waals surface area contributed by atoms with Gasteiger partial charge in [0.05, 0.1) is 11.1 Å². The first-order chi connectivity index (χ1) is 11.6. The van der Waals surface area contributed by atoms with Crippen LogP contribution in [-0.2, 0) is 6.42 Å². The molecule has 2 N–H and O–H groups in total. The average molecular weight is 327 g/mol. The number of carbonyl (C=O) groups is 2. The summed E-state index contributed by atoms with van der Waals surface area (Å²) in [6, 6.07) is 11.9. The van der Waals surface area contributed by atoms with Crippen LogP contribution in [0.25, 0.3) is 0 Å². The van der Waals surface area contributed by atoms with Gasteiger partial charge in [0.2, 0.25) is 0 Å². The van der Waals surface area contributed by atoms with Crippen LogP contribution in [0, 0.1) is 0 Å². The van der Waals surface area contributed by atoms with E-state index in [0.717, 1.165) is 5.56 Å². The lowest BCUT2D eigenvalue weighted by molar-refractivity contribution is 0.0696. The van der Waals surface area contributed by atoms with Gasteiger partial charge in [-0.3, -0.25) is 4.79 Å². The Labute approximate surface area is 139 Å². The van der Waals surface area contributed by atoms with Crippen molar-refractivity contribution in [3.8, 4) is 11.5 Å². The van der Waals surface area contributed by atoms with E-state index < -0.39 is 5.97 Å². The zero-order valence-corrected chi connectivity index (χ0v) is 13.0. The summed E-state index contributed by atoms with van der Waals surface area (Å²) >= 11 is 0. The van der Waals surface area contributed by atoms with Gasteiger partial charge in [0.15, 0.2) is 11.5 Å². The maximum Gasteiger partial charge on any atom is 0.335 e. The second kappa shape index (κ2) is 7.04. The Morgan fingerprint density at radius 1 is 1.08 bits per heavy atom. The van der Waals surface area contributed by atoms with Gasteiger partial charge in [0.1, 0.15) is 13.2 Å². The van der Waals surface area contributed by atoms with E-state index in [2.05, 4.69) is 5.32 Å². The molecule has 2 aromatic carbocycles. The van der Waals surface area contributed by atoms with Gasteiger partial charge < -0.3 is 19.9 Å². The summed E-state index contributed by atoms with van der Waals surface area (Å²) in [6.45, 7) is 1.28. The number of benzene rings is 2. The average Bonchev–Trinajstić information content (AvgIpc) is 2.61. The summed E-state index contributed by atoms with van der Waals surface area (Å²) in [5.74, 6) is -0.169. The molecule has 0 bridgehead atoms. The number of carbonyl (C=O) groups excluding carboxylic acids is 1. The van der Waals surface area contributed by atoms with Crippen molar-refractivity contribution in [3.63, 3.8) is 0 Å². The van der Waals surface area contributed by atoms with E-state index in [0.29, 0.717) is 43.2 Å². The molecule has 6 nitrogen and oxygen atoms in total. The fourth-order valence-corrected chi connectivity index (χ4v) is 2.53. The fraction of sp³-hybridized carbons (Fsp3) is 0.222. The van der Waals surface area contributed by atoms with Crippen LogP contribution in [0.15, 0.2) is 42.5 Å². The predicted octanol–water partition coefficient (Wildman–Crippen LogP) is 2.13. The van der Waals surface area contributed by atoms with E-state index in [1.54, 1.807) is 30.3 Å². The molecule has 0 spiro atoms. The van der Waals surface area contributed by atoms with Gasteiger partial charge >= 0.3 is 5.97 Å². The third-order valence-corrected chi connectivity index (χ3v) is 3.68. The summed E-state index contributed by atoms with van der Waals surface area (Å²) in [7, 11) is 0. The zero-order valence-electron chi connectivity index (χ0n) is 13.0. The molecular formula is C18H17NO5. The van der Waals surface area contributed by atoms with Crippen molar-refractivity contribution >= 4 is 11.9 Å². The predicted molar refractivity (Wildman–Crippen MR) is 86.9 cm³/mol. The molecule has 0 unspecified atom stereocenters. The minimum Gasteiger partial charge on any atom is -0.486 e. The van der Waals surface area contributed by atoms with Gasteiger partial charge in [-0.1, -0.05) is 18.2 Å². The molecule has 124 valence electrons. The second-order valence-corrected chi connectivity index (χ2v) is 5.34. The molecule has 0 saturated carbocycles. The first-order valence-electron chi connectivity index (χ1n) is 7.64. The van der Waals surface area contributed by atoms with Crippen LogP contribution >= 0.6 is 0 Å². The Morgan fingerprint density at radius 2 is 1.88 bits per heavy atom. The molecule has 24 heavy (non-hydrogen) atoms. The number of para-hydroxylation sites is 1. The Balaban J connectivity index is 1.62. The van der Waals surface area contributed by atoms with Crippen LogP contribution in [0.1, 0.15) is 26.3 Å². The molecular weight excluding hydrogens is 310 g/mol. The van der Waals surface area contributed by atoms with Crippen molar-refractivity contribution < 1.29 is 24.2 Å². The van der Waals surface area contributed by atoms with Crippen LogP contribution < -0.4 is 14.8 Å². The molecule has 0 aliphatic carbocycles. The Hall–Kier alpha value is -3.02. The summed E-state index contributed by atoms with van der Waals surface area (Å²) < 4.78 is 11.0. The van der Waals surface area contributed by atoms with Crippen molar-refractivity contribution in [2.24, 2.45) is 0 Å². The molecule has 0 saturated heterocycles. The number of ether oxygens (including phenoxy) is 2. The summed E-state index contributed by atoms with van der Waals surface area (Å²) in [6.07, 6.45) is 0.541. The van der Waals surface area contributed by atoms with E-state index in [1.807, 2.05) is 6.07 Å². The number of hydrogen-bond acceptors (Lipinski definition) is 4.